The lowest BCUT2D eigenvalue weighted by Crippen LogP contribution is -2.28. The summed E-state index contributed by atoms with van der Waals surface area (Å²) in [7, 11) is 0. The minimum absolute atomic E-state index is 0.00368. The van der Waals surface area contributed by atoms with Crippen LogP contribution in [-0.4, -0.2) is 32.3 Å². The lowest BCUT2D eigenvalue weighted by Gasteiger charge is -2.22. The summed E-state index contributed by atoms with van der Waals surface area (Å²) in [6, 6.07) is 5.48. The lowest BCUT2D eigenvalue weighted by molar-refractivity contribution is -0.122. The predicted molar refractivity (Wildman–Crippen MR) is 81.0 cm³/mol. The summed E-state index contributed by atoms with van der Waals surface area (Å²) in [5.41, 5.74) is 0.666. The van der Waals surface area contributed by atoms with Crippen LogP contribution in [0.4, 0.5) is 5.69 Å². The number of anilines is 1. The maximum absolute atomic E-state index is 12.3. The molecule has 0 bridgehead atoms. The second-order valence-corrected chi connectivity index (χ2v) is 4.90. The number of carbonyl (C=O) groups excluding carboxylic acids is 1. The molecule has 21 heavy (non-hydrogen) atoms. The third kappa shape index (κ3) is 4.36. The van der Waals surface area contributed by atoms with Gasteiger partial charge in [-0.15, -0.1) is 0 Å². The van der Waals surface area contributed by atoms with Crippen molar-refractivity contribution in [2.45, 2.75) is 26.7 Å². The maximum Gasteiger partial charge on any atom is 0.227 e. The summed E-state index contributed by atoms with van der Waals surface area (Å²) in [4.78, 5) is 12.3. The minimum Gasteiger partial charge on any atom is -0.494 e. The first kappa shape index (κ1) is 15.6. The van der Waals surface area contributed by atoms with Crippen LogP contribution in [0, 0.1) is 5.92 Å². The van der Waals surface area contributed by atoms with Crippen LogP contribution in [0.1, 0.15) is 26.7 Å². The third-order valence-electron chi connectivity index (χ3n) is 3.41. The van der Waals surface area contributed by atoms with Gasteiger partial charge in [-0.1, -0.05) is 0 Å². The third-order valence-corrected chi connectivity index (χ3v) is 3.41. The molecule has 0 spiro atoms. The molecule has 1 saturated heterocycles. The normalized spacial score (nSPS) is 15.5. The van der Waals surface area contributed by atoms with Gasteiger partial charge >= 0.3 is 0 Å². The van der Waals surface area contributed by atoms with Crippen LogP contribution in [-0.2, 0) is 9.53 Å². The molecule has 116 valence electrons. The van der Waals surface area contributed by atoms with E-state index in [-0.39, 0.29) is 11.8 Å². The summed E-state index contributed by atoms with van der Waals surface area (Å²) in [5.74, 6) is 1.42. The number of carbonyl (C=O) groups is 1. The van der Waals surface area contributed by atoms with Crippen molar-refractivity contribution >= 4 is 11.6 Å². The zero-order chi connectivity index (χ0) is 15.1. The molecule has 1 amide bonds. The van der Waals surface area contributed by atoms with Crippen LogP contribution < -0.4 is 14.8 Å². The second-order valence-electron chi connectivity index (χ2n) is 4.90. The number of rotatable bonds is 6. The highest BCUT2D eigenvalue weighted by Crippen LogP contribution is 2.30. The van der Waals surface area contributed by atoms with Gasteiger partial charge in [-0.2, -0.15) is 0 Å². The first-order valence-corrected chi connectivity index (χ1v) is 7.52. The van der Waals surface area contributed by atoms with Gasteiger partial charge in [0.2, 0.25) is 5.91 Å². The van der Waals surface area contributed by atoms with Crippen LogP contribution in [0.15, 0.2) is 18.2 Å². The van der Waals surface area contributed by atoms with Gasteiger partial charge in [0.15, 0.2) is 0 Å². The number of hydrogen-bond acceptors (Lipinski definition) is 4. The van der Waals surface area contributed by atoms with Crippen LogP contribution >= 0.6 is 0 Å². The molecule has 0 aromatic heterocycles. The minimum atomic E-state index is 0.00368. The lowest BCUT2D eigenvalue weighted by atomic mass is 9.99. The fourth-order valence-corrected chi connectivity index (χ4v) is 2.34. The van der Waals surface area contributed by atoms with E-state index < -0.39 is 0 Å². The van der Waals surface area contributed by atoms with E-state index in [1.807, 2.05) is 32.0 Å². The number of benzene rings is 1. The summed E-state index contributed by atoms with van der Waals surface area (Å²) in [6.07, 6.45) is 1.53. The molecule has 1 aromatic rings. The average molecular weight is 293 g/mol. The Balaban J connectivity index is 2.11. The highest BCUT2D eigenvalue weighted by Gasteiger charge is 2.22. The van der Waals surface area contributed by atoms with Gasteiger partial charge in [-0.05, 0) is 38.8 Å². The quantitative estimate of drug-likeness (QED) is 0.876. The zero-order valence-electron chi connectivity index (χ0n) is 12.7. The SMILES string of the molecule is CCOc1ccc(OCC)c(NC(=O)C2CCOCC2)c1. The van der Waals surface area contributed by atoms with Crippen molar-refractivity contribution < 1.29 is 19.0 Å². The Morgan fingerprint density at radius 3 is 2.62 bits per heavy atom. The Morgan fingerprint density at radius 1 is 1.24 bits per heavy atom. The molecule has 0 unspecified atom stereocenters. The molecule has 0 saturated carbocycles. The largest absolute Gasteiger partial charge is 0.494 e. The molecule has 5 heteroatoms. The molecular weight excluding hydrogens is 270 g/mol. The van der Waals surface area contributed by atoms with E-state index in [0.29, 0.717) is 37.9 Å². The molecule has 0 atom stereocenters. The van der Waals surface area contributed by atoms with Crippen LogP contribution in [0.25, 0.3) is 0 Å². The van der Waals surface area contributed by atoms with Crippen molar-refractivity contribution in [1.29, 1.82) is 0 Å². The Kier molecular flexibility index (Phi) is 5.87. The van der Waals surface area contributed by atoms with Gasteiger partial charge in [-0.25, -0.2) is 0 Å². The van der Waals surface area contributed by atoms with Gasteiger partial charge < -0.3 is 19.5 Å². The van der Waals surface area contributed by atoms with Crippen LogP contribution in [0.3, 0.4) is 0 Å². The Bertz CT molecular complexity index is 469. The molecular formula is C16H23NO4. The molecule has 1 aliphatic rings. The van der Waals surface area contributed by atoms with Gasteiger partial charge in [-0.3, -0.25) is 4.79 Å². The van der Waals surface area contributed by atoms with Crippen molar-refractivity contribution in [2.75, 3.05) is 31.7 Å². The van der Waals surface area contributed by atoms with Crippen molar-refractivity contribution in [2.24, 2.45) is 5.92 Å². The molecule has 1 aromatic carbocycles. The van der Waals surface area contributed by atoms with Crippen LogP contribution in [0.2, 0.25) is 0 Å². The summed E-state index contributed by atoms with van der Waals surface area (Å²) >= 11 is 0. The van der Waals surface area contributed by atoms with Gasteiger partial charge in [0, 0.05) is 25.2 Å². The molecule has 5 nitrogen and oxygen atoms in total. The smallest absolute Gasteiger partial charge is 0.227 e. The summed E-state index contributed by atoms with van der Waals surface area (Å²) in [5, 5.41) is 2.96. The Hall–Kier alpha value is -1.75. The fourth-order valence-electron chi connectivity index (χ4n) is 2.34. The van der Waals surface area contributed by atoms with Crippen LogP contribution in [0.5, 0.6) is 11.5 Å². The van der Waals surface area contributed by atoms with Crippen molar-refractivity contribution in [1.82, 2.24) is 0 Å². The summed E-state index contributed by atoms with van der Waals surface area (Å²) < 4.78 is 16.3. The fraction of sp³-hybridized carbons (Fsp3) is 0.562. The van der Waals surface area contributed by atoms with Gasteiger partial charge in [0.1, 0.15) is 11.5 Å². The topological polar surface area (TPSA) is 56.8 Å². The number of ether oxygens (including phenoxy) is 3. The van der Waals surface area contributed by atoms with E-state index in [1.54, 1.807) is 0 Å². The zero-order valence-corrected chi connectivity index (χ0v) is 12.7. The molecule has 1 aliphatic heterocycles. The van der Waals surface area contributed by atoms with E-state index in [4.69, 9.17) is 14.2 Å². The number of nitrogens with one attached hydrogen (secondary N) is 1. The predicted octanol–water partition coefficient (Wildman–Crippen LogP) is 2.85. The standard InChI is InChI=1S/C16H23NO4/c1-3-20-13-5-6-15(21-4-2)14(11-13)17-16(18)12-7-9-19-10-8-12/h5-6,11-12H,3-4,7-10H2,1-2H3,(H,17,18). The van der Waals surface area contributed by atoms with Gasteiger partial charge in [0.25, 0.3) is 0 Å². The number of amides is 1. The van der Waals surface area contributed by atoms with Gasteiger partial charge in [0.05, 0.1) is 18.9 Å². The van der Waals surface area contributed by atoms with E-state index in [2.05, 4.69) is 5.32 Å². The van der Waals surface area contributed by atoms with E-state index in [0.717, 1.165) is 18.6 Å². The second kappa shape index (κ2) is 7.88. The van der Waals surface area contributed by atoms with E-state index in [9.17, 15) is 4.79 Å². The molecule has 2 rings (SSSR count). The van der Waals surface area contributed by atoms with Crippen molar-refractivity contribution in [3.05, 3.63) is 18.2 Å². The molecule has 1 heterocycles. The first-order valence-electron chi connectivity index (χ1n) is 7.52. The monoisotopic (exact) mass is 293 g/mol. The van der Waals surface area contributed by atoms with E-state index >= 15 is 0 Å². The molecule has 1 fully saturated rings. The maximum atomic E-state index is 12.3. The molecule has 0 radical (unpaired) electrons. The average Bonchev–Trinajstić information content (AvgIpc) is 2.51. The molecule has 0 aliphatic carbocycles. The van der Waals surface area contributed by atoms with Crippen molar-refractivity contribution in [3.63, 3.8) is 0 Å². The van der Waals surface area contributed by atoms with Crippen molar-refractivity contribution in [3.8, 4) is 11.5 Å². The highest BCUT2D eigenvalue weighted by molar-refractivity contribution is 5.94. The van der Waals surface area contributed by atoms with E-state index in [1.165, 1.54) is 0 Å². The Labute approximate surface area is 125 Å². The number of hydrogen-bond donors (Lipinski definition) is 1. The highest BCUT2D eigenvalue weighted by atomic mass is 16.5. The molecule has 1 N–H and O–H groups in total. The summed E-state index contributed by atoms with van der Waals surface area (Å²) in [6.45, 7) is 6.28. The first-order chi connectivity index (χ1) is 10.2. The Morgan fingerprint density at radius 2 is 1.95 bits per heavy atom.